The molecule has 2 heterocycles. The minimum atomic E-state index is -1.34. The Morgan fingerprint density at radius 3 is 2.11 bits per heavy atom. The summed E-state index contributed by atoms with van der Waals surface area (Å²) in [6, 6.07) is 23.8. The second-order valence-electron chi connectivity index (χ2n) is 10.1. The van der Waals surface area contributed by atoms with Gasteiger partial charge in [-0.15, -0.1) is 0 Å². The summed E-state index contributed by atoms with van der Waals surface area (Å²) in [5.41, 5.74) is 6.71. The van der Waals surface area contributed by atoms with Gasteiger partial charge < -0.3 is 14.9 Å². The van der Waals surface area contributed by atoms with Gasteiger partial charge in [-0.3, -0.25) is 9.69 Å². The van der Waals surface area contributed by atoms with E-state index in [1.165, 1.54) is 24.8 Å². The van der Waals surface area contributed by atoms with Crippen LogP contribution in [0.5, 0.6) is 0 Å². The van der Waals surface area contributed by atoms with Crippen LogP contribution < -0.4 is 5.73 Å². The van der Waals surface area contributed by atoms with E-state index in [0.717, 1.165) is 18.7 Å². The van der Waals surface area contributed by atoms with Crippen LogP contribution in [0, 0.1) is 0 Å². The molecule has 6 nitrogen and oxygen atoms in total. The van der Waals surface area contributed by atoms with Crippen molar-refractivity contribution in [3.63, 3.8) is 0 Å². The number of amides is 1. The summed E-state index contributed by atoms with van der Waals surface area (Å²) >= 11 is 0. The summed E-state index contributed by atoms with van der Waals surface area (Å²) in [6.07, 6.45) is 6.34. The SMILES string of the molecule is NC(=O)C1(OC(=O)c2ccc(Cc3ccccc3)o2)CCC(c2ccccc2)(N2CCCCC2)CC1. The molecular weight excluding hydrogens is 452 g/mol. The first-order chi connectivity index (χ1) is 17.5. The predicted molar refractivity (Wildman–Crippen MR) is 137 cm³/mol. The normalized spacial score (nSPS) is 24.8. The number of furan rings is 1. The van der Waals surface area contributed by atoms with Gasteiger partial charge >= 0.3 is 5.97 Å². The van der Waals surface area contributed by atoms with E-state index >= 15 is 0 Å². The Balaban J connectivity index is 1.33. The number of likely N-dealkylation sites (tertiary alicyclic amines) is 1. The van der Waals surface area contributed by atoms with E-state index < -0.39 is 17.5 Å². The molecule has 2 N–H and O–H groups in total. The van der Waals surface area contributed by atoms with E-state index in [1.807, 2.05) is 36.4 Å². The van der Waals surface area contributed by atoms with Crippen LogP contribution in [0.2, 0.25) is 0 Å². The average Bonchev–Trinajstić information content (AvgIpc) is 3.39. The first-order valence-electron chi connectivity index (χ1n) is 13.0. The van der Waals surface area contributed by atoms with Crippen LogP contribution in [0.15, 0.2) is 77.2 Å². The summed E-state index contributed by atoms with van der Waals surface area (Å²) in [6.45, 7) is 2.07. The molecule has 188 valence electrons. The van der Waals surface area contributed by atoms with E-state index in [-0.39, 0.29) is 11.3 Å². The molecule has 0 spiro atoms. The lowest BCUT2D eigenvalue weighted by Gasteiger charge is -2.51. The number of hydrogen-bond acceptors (Lipinski definition) is 5. The Morgan fingerprint density at radius 1 is 0.833 bits per heavy atom. The summed E-state index contributed by atoms with van der Waals surface area (Å²) in [4.78, 5) is 28.4. The van der Waals surface area contributed by atoms with Crippen molar-refractivity contribution in [3.8, 4) is 0 Å². The minimum Gasteiger partial charge on any atom is -0.454 e. The molecular formula is C30H34N2O4. The van der Waals surface area contributed by atoms with E-state index in [1.54, 1.807) is 12.1 Å². The van der Waals surface area contributed by atoms with Gasteiger partial charge in [-0.2, -0.15) is 0 Å². The molecule has 1 aliphatic heterocycles. The number of ether oxygens (including phenoxy) is 1. The Bertz CT molecular complexity index is 1170. The number of benzene rings is 2. The maximum absolute atomic E-state index is 13.1. The molecule has 1 aromatic heterocycles. The zero-order chi connectivity index (χ0) is 25.0. The molecule has 3 aromatic rings. The van der Waals surface area contributed by atoms with Crippen molar-refractivity contribution in [2.75, 3.05) is 13.1 Å². The molecule has 6 heteroatoms. The monoisotopic (exact) mass is 486 g/mol. The number of esters is 1. The second-order valence-corrected chi connectivity index (χ2v) is 10.1. The topological polar surface area (TPSA) is 85.8 Å². The Kier molecular flexibility index (Phi) is 6.97. The number of nitrogens with two attached hydrogens (primary N) is 1. The van der Waals surface area contributed by atoms with Crippen LogP contribution >= 0.6 is 0 Å². The number of carbonyl (C=O) groups excluding carboxylic acids is 2. The predicted octanol–water partition coefficient (Wildman–Crippen LogP) is 5.21. The van der Waals surface area contributed by atoms with Crippen LogP contribution in [-0.2, 0) is 21.5 Å². The highest BCUT2D eigenvalue weighted by molar-refractivity contribution is 5.92. The maximum atomic E-state index is 13.1. The second kappa shape index (κ2) is 10.3. The summed E-state index contributed by atoms with van der Waals surface area (Å²) in [7, 11) is 0. The van der Waals surface area contributed by atoms with Gasteiger partial charge in [0.1, 0.15) is 5.76 Å². The summed E-state index contributed by atoms with van der Waals surface area (Å²) < 4.78 is 11.7. The smallest absolute Gasteiger partial charge is 0.375 e. The number of carbonyl (C=O) groups is 2. The summed E-state index contributed by atoms with van der Waals surface area (Å²) in [5.74, 6) is -0.471. The zero-order valence-electron chi connectivity index (χ0n) is 20.7. The third kappa shape index (κ3) is 4.82. The lowest BCUT2D eigenvalue weighted by Crippen LogP contribution is -2.57. The molecule has 1 amide bonds. The molecule has 0 radical (unpaired) electrons. The first kappa shape index (κ1) is 24.3. The third-order valence-electron chi connectivity index (χ3n) is 7.98. The Morgan fingerprint density at radius 2 is 1.47 bits per heavy atom. The van der Waals surface area contributed by atoms with Gasteiger partial charge in [-0.25, -0.2) is 4.79 Å². The van der Waals surface area contributed by atoms with Crippen molar-refractivity contribution in [1.82, 2.24) is 4.90 Å². The highest BCUT2D eigenvalue weighted by Crippen LogP contribution is 2.48. The van der Waals surface area contributed by atoms with Gasteiger partial charge in [-0.05, 0) is 74.9 Å². The van der Waals surface area contributed by atoms with Crippen molar-refractivity contribution in [3.05, 3.63) is 95.4 Å². The fourth-order valence-corrected chi connectivity index (χ4v) is 5.93. The van der Waals surface area contributed by atoms with Gasteiger partial charge in [0.2, 0.25) is 5.76 Å². The van der Waals surface area contributed by atoms with Gasteiger partial charge in [-0.1, -0.05) is 67.1 Å². The molecule has 1 saturated carbocycles. The van der Waals surface area contributed by atoms with Crippen molar-refractivity contribution >= 4 is 11.9 Å². The molecule has 2 aromatic carbocycles. The molecule has 36 heavy (non-hydrogen) atoms. The molecule has 1 saturated heterocycles. The van der Waals surface area contributed by atoms with Gasteiger partial charge in [0.25, 0.3) is 5.91 Å². The van der Waals surface area contributed by atoms with Crippen molar-refractivity contribution in [2.45, 2.75) is 62.5 Å². The van der Waals surface area contributed by atoms with E-state index in [9.17, 15) is 9.59 Å². The average molecular weight is 487 g/mol. The number of rotatable bonds is 7. The summed E-state index contributed by atoms with van der Waals surface area (Å²) in [5, 5.41) is 0. The molecule has 2 aliphatic rings. The molecule has 0 atom stereocenters. The van der Waals surface area contributed by atoms with Crippen molar-refractivity contribution in [2.24, 2.45) is 5.73 Å². The molecule has 2 fully saturated rings. The van der Waals surface area contributed by atoms with Crippen molar-refractivity contribution in [1.29, 1.82) is 0 Å². The Labute approximate surface area is 212 Å². The molecule has 0 unspecified atom stereocenters. The van der Waals surface area contributed by atoms with E-state index in [2.05, 4.69) is 29.2 Å². The third-order valence-corrected chi connectivity index (χ3v) is 7.98. The number of hydrogen-bond donors (Lipinski definition) is 1. The van der Waals surface area contributed by atoms with Crippen LogP contribution in [-0.4, -0.2) is 35.5 Å². The quantitative estimate of drug-likeness (QED) is 0.464. The highest BCUT2D eigenvalue weighted by Gasteiger charge is 2.52. The number of primary amides is 1. The lowest BCUT2D eigenvalue weighted by molar-refractivity contribution is -0.146. The standard InChI is InChI=1S/C30H34N2O4/c31-28(34)30(36-27(33)26-15-14-25(35-26)22-23-10-4-1-5-11-23)18-16-29(17-19-30,24-12-6-2-7-13-24)32-20-8-3-9-21-32/h1-2,4-7,10-15H,3,8-9,16-22H2,(H2,31,34). The van der Waals surface area contributed by atoms with Gasteiger partial charge in [0.15, 0.2) is 5.60 Å². The first-order valence-corrected chi connectivity index (χ1v) is 13.0. The van der Waals surface area contributed by atoms with E-state index in [4.69, 9.17) is 14.9 Å². The van der Waals surface area contributed by atoms with Gasteiger partial charge in [0.05, 0.1) is 0 Å². The van der Waals surface area contributed by atoms with Crippen LogP contribution in [0.25, 0.3) is 0 Å². The molecule has 0 bridgehead atoms. The van der Waals surface area contributed by atoms with Crippen LogP contribution in [0.4, 0.5) is 0 Å². The zero-order valence-corrected chi connectivity index (χ0v) is 20.7. The van der Waals surface area contributed by atoms with Crippen LogP contribution in [0.1, 0.15) is 72.4 Å². The Hall–Kier alpha value is -3.38. The molecule has 1 aliphatic carbocycles. The largest absolute Gasteiger partial charge is 0.454 e. The fourth-order valence-electron chi connectivity index (χ4n) is 5.93. The lowest BCUT2D eigenvalue weighted by atomic mass is 9.69. The number of piperidine rings is 1. The highest BCUT2D eigenvalue weighted by atomic mass is 16.6. The molecule has 5 rings (SSSR count). The van der Waals surface area contributed by atoms with Crippen LogP contribution in [0.3, 0.4) is 0 Å². The van der Waals surface area contributed by atoms with Crippen molar-refractivity contribution < 1.29 is 18.7 Å². The maximum Gasteiger partial charge on any atom is 0.375 e. The van der Waals surface area contributed by atoms with E-state index in [0.29, 0.717) is 37.9 Å². The van der Waals surface area contributed by atoms with Gasteiger partial charge in [0, 0.05) is 12.0 Å². The minimum absolute atomic E-state index is 0.0949. The fraction of sp³-hybridized carbons (Fsp3) is 0.400. The number of nitrogens with zero attached hydrogens (tertiary/aromatic N) is 1.